The van der Waals surface area contributed by atoms with Crippen molar-refractivity contribution < 1.29 is 0 Å². The van der Waals surface area contributed by atoms with E-state index in [9.17, 15) is 14.4 Å². The van der Waals surface area contributed by atoms with Crippen LogP contribution < -0.4 is 22.3 Å². The van der Waals surface area contributed by atoms with Gasteiger partial charge in [0.2, 0.25) is 5.95 Å². The molecule has 4 heterocycles. The molecule has 3 N–H and O–H groups in total. The molecule has 0 atom stereocenters. The Labute approximate surface area is 180 Å². The standard InChI is InChI=1S/C21H20N8O3/c1-11-4-5-14-12(8-11)9-13(23-14)10-29-18(30)16-17(28(3)21(29)32)26-19(27(16)2)24-15-6-7-22-20(31)25-15/h4-9,23H,10H2,1-3H3,(H2,22,24,25,26,31). The third kappa shape index (κ3) is 3.11. The van der Waals surface area contributed by atoms with E-state index in [0.29, 0.717) is 0 Å². The van der Waals surface area contributed by atoms with Crippen LogP contribution >= 0.6 is 0 Å². The number of H-pyrrole nitrogens is 2. The van der Waals surface area contributed by atoms with Crippen LogP contribution in [0.25, 0.3) is 22.1 Å². The Morgan fingerprint density at radius 3 is 2.62 bits per heavy atom. The molecule has 5 aromatic rings. The average Bonchev–Trinajstić information content (AvgIpc) is 3.30. The number of rotatable bonds is 4. The second kappa shape index (κ2) is 7.08. The predicted octanol–water partition coefficient (Wildman–Crippen LogP) is 1.10. The Morgan fingerprint density at radius 1 is 1.03 bits per heavy atom. The molecule has 0 aliphatic rings. The molecule has 0 spiro atoms. The normalized spacial score (nSPS) is 11.5. The Hall–Kier alpha value is -4.41. The number of nitrogens with zero attached hydrogens (tertiary/aromatic N) is 5. The first-order valence-electron chi connectivity index (χ1n) is 9.89. The minimum atomic E-state index is -0.517. The molecule has 11 heteroatoms. The van der Waals surface area contributed by atoms with Gasteiger partial charge in [-0.2, -0.15) is 9.97 Å². The van der Waals surface area contributed by atoms with E-state index in [1.54, 1.807) is 24.7 Å². The highest BCUT2D eigenvalue weighted by molar-refractivity contribution is 5.81. The Bertz CT molecular complexity index is 1680. The van der Waals surface area contributed by atoms with Gasteiger partial charge in [0.25, 0.3) is 5.56 Å². The molecule has 0 radical (unpaired) electrons. The van der Waals surface area contributed by atoms with Crippen LogP contribution in [0, 0.1) is 6.92 Å². The summed E-state index contributed by atoms with van der Waals surface area (Å²) in [4.78, 5) is 51.6. The number of hydrogen-bond donors (Lipinski definition) is 3. The van der Waals surface area contributed by atoms with Crippen LogP contribution in [0.4, 0.5) is 11.8 Å². The lowest BCUT2D eigenvalue weighted by molar-refractivity contribution is 0.648. The van der Waals surface area contributed by atoms with Gasteiger partial charge in [0.05, 0.1) is 6.54 Å². The monoisotopic (exact) mass is 432 g/mol. The van der Waals surface area contributed by atoms with Gasteiger partial charge in [-0.25, -0.2) is 9.59 Å². The second-order valence-corrected chi connectivity index (χ2v) is 7.69. The van der Waals surface area contributed by atoms with Gasteiger partial charge in [-0.1, -0.05) is 11.6 Å². The quantitative estimate of drug-likeness (QED) is 0.389. The third-order valence-electron chi connectivity index (χ3n) is 5.43. The molecule has 32 heavy (non-hydrogen) atoms. The summed E-state index contributed by atoms with van der Waals surface area (Å²) in [6.45, 7) is 2.11. The summed E-state index contributed by atoms with van der Waals surface area (Å²) in [7, 11) is 3.23. The molecule has 1 aromatic carbocycles. The van der Waals surface area contributed by atoms with Crippen LogP contribution in [-0.2, 0) is 20.6 Å². The molecule has 0 aliphatic carbocycles. The first kappa shape index (κ1) is 19.5. The number of benzene rings is 1. The molecule has 0 bridgehead atoms. The lowest BCUT2D eigenvalue weighted by atomic mass is 10.2. The van der Waals surface area contributed by atoms with Gasteiger partial charge in [0.1, 0.15) is 5.82 Å². The second-order valence-electron chi connectivity index (χ2n) is 7.69. The summed E-state index contributed by atoms with van der Waals surface area (Å²) in [6.07, 6.45) is 1.45. The number of nitrogens with one attached hydrogen (secondary N) is 3. The van der Waals surface area contributed by atoms with Crippen molar-refractivity contribution in [2.75, 3.05) is 5.32 Å². The van der Waals surface area contributed by atoms with Gasteiger partial charge < -0.3 is 19.9 Å². The smallest absolute Gasteiger partial charge is 0.346 e. The van der Waals surface area contributed by atoms with Crippen LogP contribution in [-0.4, -0.2) is 33.6 Å². The third-order valence-corrected chi connectivity index (χ3v) is 5.43. The van der Waals surface area contributed by atoms with E-state index >= 15 is 0 Å². The zero-order valence-electron chi connectivity index (χ0n) is 17.6. The minimum Gasteiger partial charge on any atom is -0.357 e. The van der Waals surface area contributed by atoms with Gasteiger partial charge in [0, 0.05) is 31.5 Å². The van der Waals surface area contributed by atoms with Crippen molar-refractivity contribution in [3.63, 3.8) is 0 Å². The van der Waals surface area contributed by atoms with Crippen LogP contribution in [0.15, 0.2) is 50.9 Å². The lowest BCUT2D eigenvalue weighted by Gasteiger charge is -2.08. The van der Waals surface area contributed by atoms with Crippen LogP contribution in [0.3, 0.4) is 0 Å². The molecule has 0 fully saturated rings. The van der Waals surface area contributed by atoms with E-state index in [1.807, 2.05) is 31.2 Å². The predicted molar refractivity (Wildman–Crippen MR) is 120 cm³/mol. The highest BCUT2D eigenvalue weighted by atomic mass is 16.2. The van der Waals surface area contributed by atoms with E-state index in [-0.39, 0.29) is 29.5 Å². The average molecular weight is 432 g/mol. The van der Waals surface area contributed by atoms with Crippen molar-refractivity contribution in [1.82, 2.24) is 33.6 Å². The van der Waals surface area contributed by atoms with Gasteiger partial charge in [-0.3, -0.25) is 13.9 Å². The first-order valence-corrected chi connectivity index (χ1v) is 9.89. The largest absolute Gasteiger partial charge is 0.357 e. The summed E-state index contributed by atoms with van der Waals surface area (Å²) >= 11 is 0. The summed E-state index contributed by atoms with van der Waals surface area (Å²) in [5.41, 5.74) is 1.85. The van der Waals surface area contributed by atoms with Gasteiger partial charge in [0.15, 0.2) is 11.2 Å². The fourth-order valence-corrected chi connectivity index (χ4v) is 3.82. The molecule has 5 rings (SSSR count). The van der Waals surface area contributed by atoms with Gasteiger partial charge >= 0.3 is 11.4 Å². The van der Waals surface area contributed by atoms with E-state index in [0.717, 1.165) is 22.2 Å². The van der Waals surface area contributed by atoms with E-state index < -0.39 is 16.9 Å². The maximum Gasteiger partial charge on any atom is 0.346 e. The molecule has 0 saturated heterocycles. The number of anilines is 2. The number of fused-ring (bicyclic) bond motifs is 2. The zero-order valence-corrected chi connectivity index (χ0v) is 17.6. The molecule has 162 valence electrons. The molecule has 0 unspecified atom stereocenters. The van der Waals surface area contributed by atoms with Gasteiger partial charge in [-0.15, -0.1) is 0 Å². The van der Waals surface area contributed by atoms with Crippen LogP contribution in [0.5, 0.6) is 0 Å². The Balaban J connectivity index is 1.62. The number of hydrogen-bond acceptors (Lipinski definition) is 6. The zero-order chi connectivity index (χ0) is 22.6. The summed E-state index contributed by atoms with van der Waals surface area (Å²) < 4.78 is 4.06. The molecular weight excluding hydrogens is 412 g/mol. The maximum atomic E-state index is 13.3. The van der Waals surface area contributed by atoms with Crippen molar-refractivity contribution in [3.05, 3.63) is 79.1 Å². The molecule has 0 aliphatic heterocycles. The summed E-state index contributed by atoms with van der Waals surface area (Å²) in [5.74, 6) is 0.551. The van der Waals surface area contributed by atoms with Crippen molar-refractivity contribution >= 4 is 33.8 Å². The van der Waals surface area contributed by atoms with E-state index in [1.165, 1.54) is 15.3 Å². The van der Waals surface area contributed by atoms with E-state index in [2.05, 4.69) is 25.3 Å². The SMILES string of the molecule is Cc1ccc2[nH]c(Cn3c(=O)c4c(nc(Nc5cc[nH]c(=O)n5)n4C)n(C)c3=O)cc2c1. The van der Waals surface area contributed by atoms with E-state index in [4.69, 9.17) is 0 Å². The van der Waals surface area contributed by atoms with Crippen molar-refractivity contribution in [3.8, 4) is 0 Å². The highest BCUT2D eigenvalue weighted by Gasteiger charge is 2.19. The van der Waals surface area contributed by atoms with Gasteiger partial charge in [-0.05, 0) is 36.6 Å². The number of aromatic nitrogens is 7. The molecule has 4 aromatic heterocycles. The fourth-order valence-electron chi connectivity index (χ4n) is 3.82. The maximum absolute atomic E-state index is 13.3. The van der Waals surface area contributed by atoms with Crippen molar-refractivity contribution in [1.29, 1.82) is 0 Å². The van der Waals surface area contributed by atoms with Crippen molar-refractivity contribution in [2.45, 2.75) is 13.5 Å². The molecular formula is C21H20N8O3. The van der Waals surface area contributed by atoms with Crippen molar-refractivity contribution in [2.24, 2.45) is 14.1 Å². The topological polar surface area (TPSA) is 135 Å². The molecule has 0 amide bonds. The molecule has 11 nitrogen and oxygen atoms in total. The lowest BCUT2D eigenvalue weighted by Crippen LogP contribution is -2.39. The number of aryl methyl sites for hydroxylation is 3. The summed E-state index contributed by atoms with van der Waals surface area (Å²) in [6, 6.07) is 9.52. The minimum absolute atomic E-state index is 0.0960. The van der Waals surface area contributed by atoms with Crippen LogP contribution in [0.1, 0.15) is 11.3 Å². The Kier molecular flexibility index (Phi) is 4.33. The fraction of sp³-hybridized carbons (Fsp3) is 0.190. The number of aromatic amines is 2. The summed E-state index contributed by atoms with van der Waals surface area (Å²) in [5, 5.41) is 3.94. The first-order chi connectivity index (χ1) is 15.3. The highest BCUT2D eigenvalue weighted by Crippen LogP contribution is 2.19. The van der Waals surface area contributed by atoms with Crippen LogP contribution in [0.2, 0.25) is 0 Å². The molecule has 0 saturated carbocycles. The number of imidazole rings is 1. The Morgan fingerprint density at radius 2 is 1.84 bits per heavy atom.